The van der Waals surface area contributed by atoms with Crippen molar-refractivity contribution in [1.82, 2.24) is 23.4 Å². The van der Waals surface area contributed by atoms with Crippen LogP contribution in [0.25, 0.3) is 11.0 Å². The minimum atomic E-state index is -3.48. The van der Waals surface area contributed by atoms with Gasteiger partial charge in [0.05, 0.1) is 21.7 Å². The van der Waals surface area contributed by atoms with Gasteiger partial charge in [0.2, 0.25) is 10.0 Å². The zero-order valence-electron chi connectivity index (χ0n) is 16.1. The Hall–Kier alpha value is -1.84. The molecule has 27 heavy (non-hydrogen) atoms. The maximum Gasteiger partial charge on any atom is 0.242 e. The Kier molecular flexibility index (Phi) is 5.92. The second kappa shape index (κ2) is 8.04. The number of unbranched alkanes of at least 4 members (excludes halogenated alkanes) is 1. The summed E-state index contributed by atoms with van der Waals surface area (Å²) in [5.74, 6) is 1.69. The van der Waals surface area contributed by atoms with Crippen molar-refractivity contribution in [3.05, 3.63) is 36.4 Å². The molecular weight excluding hydrogens is 382 g/mol. The molecule has 0 aliphatic rings. The predicted octanol–water partition coefficient (Wildman–Crippen LogP) is 3.11. The molecule has 0 bridgehead atoms. The highest BCUT2D eigenvalue weighted by molar-refractivity contribution is 7.98. The van der Waals surface area contributed by atoms with E-state index >= 15 is 0 Å². The fourth-order valence-electron chi connectivity index (χ4n) is 2.77. The van der Waals surface area contributed by atoms with Gasteiger partial charge < -0.3 is 9.13 Å². The summed E-state index contributed by atoms with van der Waals surface area (Å²) in [6.07, 6.45) is 5.83. The van der Waals surface area contributed by atoms with E-state index in [0.717, 1.165) is 35.9 Å². The Bertz CT molecular complexity index is 1040. The smallest absolute Gasteiger partial charge is 0.242 e. The van der Waals surface area contributed by atoms with Crippen molar-refractivity contribution < 1.29 is 8.42 Å². The van der Waals surface area contributed by atoms with Gasteiger partial charge in [-0.25, -0.2) is 22.7 Å². The molecule has 0 aliphatic carbocycles. The molecule has 0 unspecified atom stereocenters. The van der Waals surface area contributed by atoms with Crippen LogP contribution in [0.3, 0.4) is 0 Å². The molecule has 0 amide bonds. The minimum Gasteiger partial charge on any atom is -0.337 e. The largest absolute Gasteiger partial charge is 0.337 e. The average Bonchev–Trinajstić information content (AvgIpc) is 3.20. The first-order valence-electron chi connectivity index (χ1n) is 8.86. The van der Waals surface area contributed by atoms with E-state index < -0.39 is 10.0 Å². The third kappa shape index (κ3) is 4.04. The van der Waals surface area contributed by atoms with E-state index in [4.69, 9.17) is 4.98 Å². The van der Waals surface area contributed by atoms with Gasteiger partial charge in [0.15, 0.2) is 5.16 Å². The first kappa shape index (κ1) is 19.9. The number of nitrogens with zero attached hydrogens (tertiary/aromatic N) is 5. The lowest BCUT2D eigenvalue weighted by molar-refractivity contribution is 0.521. The van der Waals surface area contributed by atoms with Crippen molar-refractivity contribution >= 4 is 32.8 Å². The van der Waals surface area contributed by atoms with Crippen molar-refractivity contribution in [1.29, 1.82) is 0 Å². The summed E-state index contributed by atoms with van der Waals surface area (Å²) >= 11 is 1.62. The highest BCUT2D eigenvalue weighted by Crippen LogP contribution is 2.29. The van der Waals surface area contributed by atoms with Gasteiger partial charge in [-0.3, -0.25) is 0 Å². The fraction of sp³-hybridized carbons (Fsp3) is 0.444. The maximum absolute atomic E-state index is 12.4. The SMILES string of the molecule is CCCCn1c(SCc2nccn2C)nc2cc(S(=O)(=O)N(C)C)ccc21. The Labute approximate surface area is 164 Å². The van der Waals surface area contributed by atoms with E-state index in [1.54, 1.807) is 30.1 Å². The Balaban J connectivity index is 1.99. The first-order valence-corrected chi connectivity index (χ1v) is 11.3. The van der Waals surface area contributed by atoms with Crippen LogP contribution in [0.2, 0.25) is 0 Å². The molecule has 2 heterocycles. The van der Waals surface area contributed by atoms with Crippen molar-refractivity contribution in [3.63, 3.8) is 0 Å². The normalized spacial score (nSPS) is 12.3. The van der Waals surface area contributed by atoms with Gasteiger partial charge in [-0.05, 0) is 24.6 Å². The molecule has 0 spiro atoms. The number of sulfonamides is 1. The molecular formula is C18H25N5O2S2. The van der Waals surface area contributed by atoms with Crippen LogP contribution in [0, 0.1) is 0 Å². The second-order valence-electron chi connectivity index (χ2n) is 6.58. The Morgan fingerprint density at radius 2 is 2.04 bits per heavy atom. The standard InChI is InChI=1S/C18H25N5O2S2/c1-5-6-10-23-16-8-7-14(27(24,25)21(2)3)12-15(16)20-18(23)26-13-17-19-9-11-22(17)4/h7-9,11-12H,5-6,10,13H2,1-4H3. The van der Waals surface area contributed by atoms with Crippen LogP contribution in [0.5, 0.6) is 0 Å². The lowest BCUT2D eigenvalue weighted by Gasteiger charge is -2.11. The van der Waals surface area contributed by atoms with E-state index in [1.807, 2.05) is 23.9 Å². The molecule has 146 valence electrons. The van der Waals surface area contributed by atoms with E-state index in [9.17, 15) is 8.42 Å². The number of hydrogen-bond acceptors (Lipinski definition) is 5. The average molecular weight is 408 g/mol. The summed E-state index contributed by atoms with van der Waals surface area (Å²) < 4.78 is 30.3. The lowest BCUT2D eigenvalue weighted by atomic mass is 10.3. The van der Waals surface area contributed by atoms with Crippen LogP contribution in [0.15, 0.2) is 40.6 Å². The summed E-state index contributed by atoms with van der Waals surface area (Å²) in [5.41, 5.74) is 1.67. The molecule has 0 atom stereocenters. The van der Waals surface area contributed by atoms with E-state index in [-0.39, 0.29) is 4.90 Å². The zero-order chi connectivity index (χ0) is 19.6. The van der Waals surface area contributed by atoms with Gasteiger partial charge in [-0.1, -0.05) is 25.1 Å². The van der Waals surface area contributed by atoms with Crippen molar-refractivity contribution in [2.45, 2.75) is 42.1 Å². The molecule has 0 radical (unpaired) electrons. The van der Waals surface area contributed by atoms with Gasteiger partial charge in [0, 0.05) is 40.1 Å². The van der Waals surface area contributed by atoms with E-state index in [0.29, 0.717) is 11.3 Å². The molecule has 0 aliphatic heterocycles. The van der Waals surface area contributed by atoms with Crippen LogP contribution in [-0.4, -0.2) is 45.9 Å². The lowest BCUT2D eigenvalue weighted by Crippen LogP contribution is -2.22. The molecule has 3 aromatic rings. The number of fused-ring (bicyclic) bond motifs is 1. The van der Waals surface area contributed by atoms with Gasteiger partial charge in [-0.15, -0.1) is 0 Å². The Morgan fingerprint density at radius 3 is 2.67 bits per heavy atom. The predicted molar refractivity (Wildman–Crippen MR) is 108 cm³/mol. The highest BCUT2D eigenvalue weighted by atomic mass is 32.2. The van der Waals surface area contributed by atoms with Gasteiger partial charge >= 0.3 is 0 Å². The number of imidazole rings is 2. The zero-order valence-corrected chi connectivity index (χ0v) is 17.7. The molecule has 1 aromatic carbocycles. The molecule has 0 fully saturated rings. The van der Waals surface area contributed by atoms with Gasteiger partial charge in [0.25, 0.3) is 0 Å². The van der Waals surface area contributed by atoms with Gasteiger partial charge in [-0.2, -0.15) is 0 Å². The minimum absolute atomic E-state index is 0.265. The maximum atomic E-state index is 12.4. The summed E-state index contributed by atoms with van der Waals surface area (Å²) in [5, 5.41) is 0.890. The number of thioether (sulfide) groups is 1. The molecule has 3 rings (SSSR count). The van der Waals surface area contributed by atoms with Crippen LogP contribution in [0.1, 0.15) is 25.6 Å². The summed E-state index contributed by atoms with van der Waals surface area (Å²) in [7, 11) is 1.57. The number of aromatic nitrogens is 4. The van der Waals surface area contributed by atoms with E-state index in [1.165, 1.54) is 18.4 Å². The topological polar surface area (TPSA) is 73.0 Å². The monoisotopic (exact) mass is 407 g/mol. The summed E-state index contributed by atoms with van der Waals surface area (Å²) in [4.78, 5) is 9.36. The van der Waals surface area contributed by atoms with Crippen LogP contribution in [-0.2, 0) is 29.4 Å². The second-order valence-corrected chi connectivity index (χ2v) is 9.67. The molecule has 2 aromatic heterocycles. The van der Waals surface area contributed by atoms with Crippen molar-refractivity contribution in [2.75, 3.05) is 14.1 Å². The number of hydrogen-bond donors (Lipinski definition) is 0. The van der Waals surface area contributed by atoms with Crippen LogP contribution in [0.4, 0.5) is 0 Å². The summed E-state index contributed by atoms with van der Waals surface area (Å²) in [6, 6.07) is 5.19. The van der Waals surface area contributed by atoms with Crippen molar-refractivity contribution in [3.8, 4) is 0 Å². The molecule has 0 saturated heterocycles. The van der Waals surface area contributed by atoms with Crippen molar-refractivity contribution in [2.24, 2.45) is 7.05 Å². The quantitative estimate of drug-likeness (QED) is 0.537. The number of aryl methyl sites for hydroxylation is 2. The first-order chi connectivity index (χ1) is 12.8. The third-order valence-corrected chi connectivity index (χ3v) is 7.23. The third-order valence-electron chi connectivity index (χ3n) is 4.45. The molecule has 7 nitrogen and oxygen atoms in total. The number of rotatable bonds is 8. The van der Waals surface area contributed by atoms with Crippen LogP contribution >= 0.6 is 11.8 Å². The highest BCUT2D eigenvalue weighted by Gasteiger charge is 2.20. The fourth-order valence-corrected chi connectivity index (χ4v) is 4.73. The van der Waals surface area contributed by atoms with Crippen LogP contribution < -0.4 is 0 Å². The van der Waals surface area contributed by atoms with Gasteiger partial charge in [0.1, 0.15) is 5.82 Å². The molecule has 9 heteroatoms. The molecule has 0 N–H and O–H groups in total. The Morgan fingerprint density at radius 1 is 1.26 bits per heavy atom. The number of benzene rings is 1. The molecule has 0 saturated carbocycles. The summed E-state index contributed by atoms with van der Waals surface area (Å²) in [6.45, 7) is 3.01. The van der Waals surface area contributed by atoms with E-state index in [2.05, 4.69) is 16.5 Å².